The normalized spacial score (nSPS) is 10.3. The van der Waals surface area contributed by atoms with Crippen molar-refractivity contribution >= 4 is 63.1 Å². The number of nitrogen functional groups attached to an aromatic ring is 1. The van der Waals surface area contributed by atoms with Gasteiger partial charge < -0.3 is 11.1 Å². The minimum Gasteiger partial charge on any atom is -0.399 e. The van der Waals surface area contributed by atoms with Gasteiger partial charge in [-0.15, -0.1) is 0 Å². The van der Waals surface area contributed by atoms with Gasteiger partial charge in [0.2, 0.25) is 0 Å². The maximum absolute atomic E-state index is 12.1. The van der Waals surface area contributed by atoms with Crippen LogP contribution in [-0.4, -0.2) is 5.91 Å². The van der Waals surface area contributed by atoms with Gasteiger partial charge >= 0.3 is 0 Å². The van der Waals surface area contributed by atoms with E-state index in [4.69, 9.17) is 28.9 Å². The zero-order valence-corrected chi connectivity index (χ0v) is 13.3. The smallest absolute Gasteiger partial charge is 0.255 e. The Morgan fingerprint density at radius 1 is 1.11 bits per heavy atom. The highest BCUT2D eigenvalue weighted by molar-refractivity contribution is 14.1. The highest BCUT2D eigenvalue weighted by atomic mass is 127. The van der Waals surface area contributed by atoms with Gasteiger partial charge in [0.1, 0.15) is 0 Å². The molecule has 2 aromatic rings. The Morgan fingerprint density at radius 2 is 1.84 bits per heavy atom. The lowest BCUT2D eigenvalue weighted by molar-refractivity contribution is 0.102. The number of benzene rings is 2. The van der Waals surface area contributed by atoms with Crippen LogP contribution in [0.4, 0.5) is 11.4 Å². The van der Waals surface area contributed by atoms with Gasteiger partial charge in [0.25, 0.3) is 5.91 Å². The molecule has 0 unspecified atom stereocenters. The first-order valence-electron chi connectivity index (χ1n) is 5.29. The van der Waals surface area contributed by atoms with Gasteiger partial charge in [0.15, 0.2) is 0 Å². The molecular formula is C13H9Cl2IN2O. The fourth-order valence-corrected chi connectivity index (χ4v) is 2.22. The summed E-state index contributed by atoms with van der Waals surface area (Å²) in [6.07, 6.45) is 0. The second-order valence-electron chi connectivity index (χ2n) is 3.82. The van der Waals surface area contributed by atoms with Gasteiger partial charge in [-0.3, -0.25) is 4.79 Å². The van der Waals surface area contributed by atoms with Crippen molar-refractivity contribution in [3.05, 3.63) is 55.6 Å². The molecular weight excluding hydrogens is 398 g/mol. The van der Waals surface area contributed by atoms with E-state index < -0.39 is 0 Å². The van der Waals surface area contributed by atoms with E-state index >= 15 is 0 Å². The van der Waals surface area contributed by atoms with E-state index in [0.29, 0.717) is 27.0 Å². The van der Waals surface area contributed by atoms with Crippen LogP contribution in [0.25, 0.3) is 0 Å². The standard InChI is InChI=1S/C13H9Cl2IN2O/c14-9-5-7(1-3-11(9)16)13(19)18-12-4-2-8(17)6-10(12)15/h1-6H,17H2,(H,18,19). The molecule has 0 aromatic heterocycles. The molecule has 0 aliphatic heterocycles. The molecule has 19 heavy (non-hydrogen) atoms. The largest absolute Gasteiger partial charge is 0.399 e. The molecule has 6 heteroatoms. The third kappa shape index (κ3) is 3.52. The summed E-state index contributed by atoms with van der Waals surface area (Å²) in [5.74, 6) is -0.273. The van der Waals surface area contributed by atoms with Crippen LogP contribution in [0.3, 0.4) is 0 Å². The van der Waals surface area contributed by atoms with E-state index in [-0.39, 0.29) is 5.91 Å². The molecule has 98 valence electrons. The lowest BCUT2D eigenvalue weighted by atomic mass is 10.2. The van der Waals surface area contributed by atoms with E-state index in [1.807, 2.05) is 0 Å². The Bertz CT molecular complexity index is 647. The third-order valence-corrected chi connectivity index (χ3v) is 4.31. The van der Waals surface area contributed by atoms with Crippen LogP contribution >= 0.6 is 45.8 Å². The molecule has 2 rings (SSSR count). The molecule has 0 saturated heterocycles. The van der Waals surface area contributed by atoms with Crippen molar-refractivity contribution in [1.29, 1.82) is 0 Å². The first-order chi connectivity index (χ1) is 8.97. The first kappa shape index (κ1) is 14.4. The highest BCUT2D eigenvalue weighted by Crippen LogP contribution is 2.25. The van der Waals surface area contributed by atoms with Crippen molar-refractivity contribution in [2.45, 2.75) is 0 Å². The topological polar surface area (TPSA) is 55.1 Å². The fourth-order valence-electron chi connectivity index (χ4n) is 1.46. The van der Waals surface area contributed by atoms with Gasteiger partial charge in [-0.25, -0.2) is 0 Å². The second kappa shape index (κ2) is 5.98. The number of rotatable bonds is 2. The fraction of sp³-hybridized carbons (Fsp3) is 0. The van der Waals surface area contributed by atoms with Crippen LogP contribution in [-0.2, 0) is 0 Å². The molecule has 0 bridgehead atoms. The van der Waals surface area contributed by atoms with Crippen molar-refractivity contribution < 1.29 is 4.79 Å². The molecule has 0 spiro atoms. The molecule has 0 heterocycles. The number of amides is 1. The van der Waals surface area contributed by atoms with Crippen molar-refractivity contribution in [2.75, 3.05) is 11.1 Å². The molecule has 2 aromatic carbocycles. The summed E-state index contributed by atoms with van der Waals surface area (Å²) < 4.78 is 0.890. The molecule has 0 saturated carbocycles. The Hall–Kier alpha value is -0.980. The SMILES string of the molecule is Nc1ccc(NC(=O)c2ccc(I)c(Cl)c2)c(Cl)c1. The summed E-state index contributed by atoms with van der Waals surface area (Å²) in [5, 5.41) is 3.64. The highest BCUT2D eigenvalue weighted by Gasteiger charge is 2.10. The van der Waals surface area contributed by atoms with Crippen LogP contribution in [0.15, 0.2) is 36.4 Å². The van der Waals surface area contributed by atoms with E-state index in [2.05, 4.69) is 27.9 Å². The van der Waals surface area contributed by atoms with Gasteiger partial charge in [0.05, 0.1) is 15.7 Å². The molecule has 0 fully saturated rings. The molecule has 0 aliphatic rings. The quantitative estimate of drug-likeness (QED) is 0.572. The van der Waals surface area contributed by atoms with E-state index in [1.54, 1.807) is 36.4 Å². The number of carbonyl (C=O) groups excluding carboxylic acids is 1. The number of hydrogen-bond acceptors (Lipinski definition) is 2. The number of carbonyl (C=O) groups is 1. The van der Waals surface area contributed by atoms with Crippen molar-refractivity contribution in [1.82, 2.24) is 0 Å². The number of hydrogen-bond donors (Lipinski definition) is 2. The minimum atomic E-state index is -0.273. The molecule has 0 radical (unpaired) electrons. The lowest BCUT2D eigenvalue weighted by Crippen LogP contribution is -2.12. The number of anilines is 2. The average Bonchev–Trinajstić information content (AvgIpc) is 2.36. The average molecular weight is 407 g/mol. The maximum atomic E-state index is 12.1. The lowest BCUT2D eigenvalue weighted by Gasteiger charge is -2.08. The van der Waals surface area contributed by atoms with Crippen LogP contribution in [0.1, 0.15) is 10.4 Å². The Balaban J connectivity index is 2.23. The summed E-state index contributed by atoms with van der Waals surface area (Å²) in [7, 11) is 0. The van der Waals surface area contributed by atoms with Crippen molar-refractivity contribution in [3.63, 3.8) is 0 Å². The monoisotopic (exact) mass is 406 g/mol. The van der Waals surface area contributed by atoms with Gasteiger partial charge in [-0.2, -0.15) is 0 Å². The molecule has 1 amide bonds. The minimum absolute atomic E-state index is 0.273. The van der Waals surface area contributed by atoms with Gasteiger partial charge in [0, 0.05) is 14.8 Å². The molecule has 0 aliphatic carbocycles. The summed E-state index contributed by atoms with van der Waals surface area (Å²) >= 11 is 14.1. The van der Waals surface area contributed by atoms with E-state index in [9.17, 15) is 4.79 Å². The van der Waals surface area contributed by atoms with Crippen LogP contribution < -0.4 is 11.1 Å². The van der Waals surface area contributed by atoms with E-state index in [1.165, 1.54) is 0 Å². The molecule has 0 atom stereocenters. The second-order valence-corrected chi connectivity index (χ2v) is 5.80. The van der Waals surface area contributed by atoms with Crippen molar-refractivity contribution in [3.8, 4) is 0 Å². The summed E-state index contributed by atoms with van der Waals surface area (Å²) in [6.45, 7) is 0. The van der Waals surface area contributed by atoms with Crippen LogP contribution in [0, 0.1) is 3.57 Å². The predicted molar refractivity (Wildman–Crippen MR) is 88.0 cm³/mol. The Kier molecular flexibility index (Phi) is 4.54. The third-order valence-electron chi connectivity index (χ3n) is 2.42. The number of nitrogens with one attached hydrogen (secondary N) is 1. The molecule has 3 N–H and O–H groups in total. The summed E-state index contributed by atoms with van der Waals surface area (Å²) in [5.41, 5.74) is 7.11. The maximum Gasteiger partial charge on any atom is 0.255 e. The number of halogens is 3. The van der Waals surface area contributed by atoms with Crippen LogP contribution in [0.5, 0.6) is 0 Å². The summed E-state index contributed by atoms with van der Waals surface area (Å²) in [4.78, 5) is 12.1. The van der Waals surface area contributed by atoms with Crippen LogP contribution in [0.2, 0.25) is 10.0 Å². The Labute approximate surface area is 134 Å². The zero-order valence-electron chi connectivity index (χ0n) is 9.58. The van der Waals surface area contributed by atoms with Gasteiger partial charge in [-0.1, -0.05) is 23.2 Å². The molecule has 3 nitrogen and oxygen atoms in total. The predicted octanol–water partition coefficient (Wildman–Crippen LogP) is 4.43. The van der Waals surface area contributed by atoms with Crippen molar-refractivity contribution in [2.24, 2.45) is 0 Å². The van der Waals surface area contributed by atoms with Gasteiger partial charge in [-0.05, 0) is 59.0 Å². The number of nitrogens with two attached hydrogens (primary N) is 1. The zero-order chi connectivity index (χ0) is 14.0. The summed E-state index contributed by atoms with van der Waals surface area (Å²) in [6, 6.07) is 10.0. The first-order valence-corrected chi connectivity index (χ1v) is 7.12. The Morgan fingerprint density at radius 3 is 2.47 bits per heavy atom. The van der Waals surface area contributed by atoms with E-state index in [0.717, 1.165) is 3.57 Å².